The van der Waals surface area contributed by atoms with E-state index < -0.39 is 63.8 Å². The molecule has 4 aromatic heterocycles. The fourth-order valence-electron chi connectivity index (χ4n) is 3.69. The van der Waals surface area contributed by atoms with Crippen molar-refractivity contribution in [2.45, 2.75) is 13.1 Å². The van der Waals surface area contributed by atoms with Crippen molar-refractivity contribution < 1.29 is 35.2 Å². The van der Waals surface area contributed by atoms with Crippen molar-refractivity contribution in [1.82, 2.24) is 29.9 Å². The minimum absolute atomic E-state index is 0.123. The van der Waals surface area contributed by atoms with E-state index in [4.69, 9.17) is 19.8 Å². The maximum Gasteiger partial charge on any atom is 0.416 e. The number of nitrogens with zero attached hydrogens (tertiary/aromatic N) is 8. The zero-order chi connectivity index (χ0) is 28.3. The van der Waals surface area contributed by atoms with E-state index in [-0.39, 0.29) is 34.6 Å². The normalized spacial score (nSPS) is 11.7. The smallest absolute Gasteiger partial charge is 0.416 e. The zero-order valence-electron chi connectivity index (χ0n) is 19.5. The Labute approximate surface area is 217 Å². The van der Waals surface area contributed by atoms with Gasteiger partial charge in [-0.25, -0.2) is 23.7 Å². The summed E-state index contributed by atoms with van der Waals surface area (Å²) < 4.78 is 84.5. The number of oxazole rings is 3. The molecule has 0 atom stereocenters. The number of hydrogen-bond donors (Lipinski definition) is 0. The summed E-state index contributed by atoms with van der Waals surface area (Å²) in [5.41, 5.74) is -2.31. The lowest BCUT2D eigenvalue weighted by Gasteiger charge is -2.05. The monoisotopic (exact) mass is 550 g/mol. The van der Waals surface area contributed by atoms with E-state index in [0.717, 1.165) is 0 Å². The summed E-state index contributed by atoms with van der Waals surface area (Å²) in [6.07, 6.45) is -4.85. The van der Waals surface area contributed by atoms with Gasteiger partial charge < -0.3 is 13.3 Å². The van der Waals surface area contributed by atoms with Crippen molar-refractivity contribution in [3.05, 3.63) is 64.1 Å². The van der Waals surface area contributed by atoms with Crippen LogP contribution in [0.5, 0.6) is 0 Å². The summed E-state index contributed by atoms with van der Waals surface area (Å²) >= 11 is 0. The van der Waals surface area contributed by atoms with Crippen LogP contribution in [-0.2, 0) is 6.18 Å². The van der Waals surface area contributed by atoms with Crippen molar-refractivity contribution in [3.8, 4) is 41.2 Å². The molecule has 0 saturated carbocycles. The molecule has 0 fully saturated rings. The molecule has 0 aliphatic heterocycles. The lowest BCUT2D eigenvalue weighted by atomic mass is 10.2. The SMILES string of the molecule is [C-]#[N+]c1oc(-c2nc(-c3nc4cc(C)cc(F)c4o3)nc(-c3nc4cc(C(F)(F)F)cc(F)c4o3)n2)nc1C#N. The average molecular weight is 550 g/mol. The molecule has 0 unspecified atom stereocenters. The van der Waals surface area contributed by atoms with Gasteiger partial charge in [0.1, 0.15) is 17.1 Å². The highest BCUT2D eigenvalue weighted by Crippen LogP contribution is 2.35. The Hall–Kier alpha value is -5.77. The molecule has 6 aromatic rings. The van der Waals surface area contributed by atoms with Crippen LogP contribution in [0.25, 0.3) is 62.2 Å². The van der Waals surface area contributed by atoms with Crippen LogP contribution < -0.4 is 0 Å². The summed E-state index contributed by atoms with van der Waals surface area (Å²) in [6, 6.07) is 5.25. The highest BCUT2D eigenvalue weighted by molar-refractivity contribution is 5.78. The van der Waals surface area contributed by atoms with E-state index in [1.165, 1.54) is 12.1 Å². The van der Waals surface area contributed by atoms with Crippen molar-refractivity contribution >= 4 is 28.1 Å². The van der Waals surface area contributed by atoms with Crippen molar-refractivity contribution in [2.75, 3.05) is 0 Å². The maximum atomic E-state index is 14.5. The molecular weight excluding hydrogens is 543 g/mol. The van der Waals surface area contributed by atoms with Crippen LogP contribution in [-0.4, -0.2) is 29.9 Å². The van der Waals surface area contributed by atoms with Gasteiger partial charge in [0.15, 0.2) is 28.5 Å². The largest absolute Gasteiger partial charge is 0.460 e. The van der Waals surface area contributed by atoms with Gasteiger partial charge in [-0.05, 0) is 36.8 Å². The molecule has 0 radical (unpaired) electrons. The van der Waals surface area contributed by atoms with Gasteiger partial charge in [0, 0.05) is 0 Å². The Morgan fingerprint density at radius 3 is 1.80 bits per heavy atom. The number of benzene rings is 2. The summed E-state index contributed by atoms with van der Waals surface area (Å²) in [5, 5.41) is 9.22. The molecule has 2 aromatic carbocycles. The molecule has 0 saturated heterocycles. The van der Waals surface area contributed by atoms with Gasteiger partial charge in [-0.3, -0.25) is 0 Å². The summed E-state index contributed by atoms with van der Waals surface area (Å²) in [4.78, 5) is 27.3. The highest BCUT2D eigenvalue weighted by Gasteiger charge is 2.33. The predicted octanol–water partition coefficient (Wildman–Crippen LogP) is 6.17. The second-order valence-electron chi connectivity index (χ2n) is 8.14. The molecule has 11 nitrogen and oxygen atoms in total. The van der Waals surface area contributed by atoms with Gasteiger partial charge >= 0.3 is 12.1 Å². The fourth-order valence-corrected chi connectivity index (χ4v) is 3.69. The summed E-state index contributed by atoms with van der Waals surface area (Å²) in [6.45, 7) is 8.78. The van der Waals surface area contributed by atoms with Crippen molar-refractivity contribution in [2.24, 2.45) is 0 Å². The van der Waals surface area contributed by atoms with Crippen molar-refractivity contribution in [3.63, 3.8) is 0 Å². The van der Waals surface area contributed by atoms with Crippen LogP contribution in [0.1, 0.15) is 16.8 Å². The first-order chi connectivity index (χ1) is 19.0. The molecule has 0 amide bonds. The number of nitriles is 1. The quantitative estimate of drug-likeness (QED) is 0.185. The number of rotatable bonds is 3. The van der Waals surface area contributed by atoms with Gasteiger partial charge in [-0.2, -0.15) is 38.2 Å². The summed E-state index contributed by atoms with van der Waals surface area (Å²) in [5.74, 6) is -5.00. The van der Waals surface area contributed by atoms with E-state index in [0.29, 0.717) is 11.6 Å². The molecule has 16 heteroatoms. The van der Waals surface area contributed by atoms with Gasteiger partial charge in [-0.1, -0.05) is 0 Å². The van der Waals surface area contributed by atoms with Gasteiger partial charge in [0.05, 0.1) is 12.1 Å². The number of aryl methyl sites for hydroxylation is 1. The second-order valence-corrected chi connectivity index (χ2v) is 8.14. The third kappa shape index (κ3) is 4.04. The highest BCUT2D eigenvalue weighted by atomic mass is 19.4. The van der Waals surface area contributed by atoms with Crippen LogP contribution >= 0.6 is 0 Å². The lowest BCUT2D eigenvalue weighted by molar-refractivity contribution is -0.137. The Bertz CT molecular complexity index is 2050. The minimum atomic E-state index is -4.85. The number of hydrogen-bond acceptors (Lipinski definition) is 10. The third-order valence-electron chi connectivity index (χ3n) is 5.39. The van der Waals surface area contributed by atoms with Crippen LogP contribution in [0.2, 0.25) is 0 Å². The van der Waals surface area contributed by atoms with Gasteiger partial charge in [0.2, 0.25) is 17.5 Å². The summed E-state index contributed by atoms with van der Waals surface area (Å²) in [7, 11) is 0. The number of alkyl halides is 3. The number of fused-ring (bicyclic) bond motifs is 2. The predicted molar refractivity (Wildman–Crippen MR) is 122 cm³/mol. The van der Waals surface area contributed by atoms with Gasteiger partial charge in [-0.15, -0.1) is 0 Å². The van der Waals surface area contributed by atoms with E-state index in [1.807, 2.05) is 0 Å². The maximum absolute atomic E-state index is 14.5. The standard InChI is InChI=1S/C24H7F5N8O3/c1-8-3-10(25)15-12(4-8)32-21(38-15)17-35-18(37-19(36-17)23-34-14(7-30)20(31-2)40-23)22-33-13-6-9(24(27,28)29)5-11(26)16(13)39-22/h3-6H,1H3. The molecule has 4 heterocycles. The average Bonchev–Trinajstić information content (AvgIpc) is 3.64. The molecule has 40 heavy (non-hydrogen) atoms. The minimum Gasteiger partial charge on any atom is -0.460 e. The van der Waals surface area contributed by atoms with Gasteiger partial charge in [0.25, 0.3) is 17.7 Å². The Morgan fingerprint density at radius 2 is 1.30 bits per heavy atom. The number of halogens is 5. The van der Waals surface area contributed by atoms with Crippen LogP contribution in [0, 0.1) is 36.5 Å². The third-order valence-corrected chi connectivity index (χ3v) is 5.39. The second kappa shape index (κ2) is 8.63. The lowest BCUT2D eigenvalue weighted by Crippen LogP contribution is -2.05. The van der Waals surface area contributed by atoms with E-state index in [2.05, 4.69) is 34.7 Å². The van der Waals surface area contributed by atoms with Crippen molar-refractivity contribution in [1.29, 1.82) is 5.26 Å². The van der Waals surface area contributed by atoms with Crippen LogP contribution in [0.3, 0.4) is 0 Å². The Balaban J connectivity index is 1.58. The first-order valence-electron chi connectivity index (χ1n) is 10.8. The molecule has 0 bridgehead atoms. The van der Waals surface area contributed by atoms with Crippen LogP contribution in [0.4, 0.5) is 27.8 Å². The van der Waals surface area contributed by atoms with Crippen LogP contribution in [0.15, 0.2) is 37.5 Å². The molecule has 0 N–H and O–H groups in total. The van der Waals surface area contributed by atoms with E-state index in [9.17, 15) is 27.2 Å². The Morgan fingerprint density at radius 1 is 0.775 bits per heavy atom. The molecule has 0 aliphatic rings. The first kappa shape index (κ1) is 24.6. The van der Waals surface area contributed by atoms with E-state index in [1.54, 1.807) is 13.0 Å². The molecule has 0 spiro atoms. The molecule has 6 rings (SSSR count). The molecular formula is C24H7F5N8O3. The number of aromatic nitrogens is 6. The molecule has 0 aliphatic carbocycles. The molecule has 196 valence electrons. The zero-order valence-corrected chi connectivity index (χ0v) is 19.5. The first-order valence-corrected chi connectivity index (χ1v) is 10.8. The van der Waals surface area contributed by atoms with E-state index >= 15 is 0 Å². The Kier molecular flexibility index (Phi) is 5.30. The topological polar surface area (TPSA) is 145 Å². The fraction of sp³-hybridized carbons (Fsp3) is 0.0833.